The lowest BCUT2D eigenvalue weighted by Crippen LogP contribution is -2.25. The van der Waals surface area contributed by atoms with E-state index < -0.39 is 0 Å². The summed E-state index contributed by atoms with van der Waals surface area (Å²) in [5.41, 5.74) is 9.11. The topological polar surface area (TPSA) is 50.7 Å². The summed E-state index contributed by atoms with van der Waals surface area (Å²) in [4.78, 5) is 0. The Balaban J connectivity index is 2.44. The van der Waals surface area contributed by atoms with Crippen molar-refractivity contribution in [3.63, 3.8) is 0 Å². The van der Waals surface area contributed by atoms with Crippen LogP contribution in [0.3, 0.4) is 0 Å². The van der Waals surface area contributed by atoms with Gasteiger partial charge in [0.1, 0.15) is 5.84 Å². The van der Waals surface area contributed by atoms with Crippen LogP contribution in [0.15, 0.2) is 34.5 Å². The van der Waals surface area contributed by atoms with E-state index in [9.17, 15) is 0 Å². The fraction of sp³-hybridized carbons (Fsp3) is 0.333. The maximum Gasteiger partial charge on any atom is 0.123 e. The number of aryl methyl sites for hydroxylation is 1. The zero-order valence-electron chi connectivity index (χ0n) is 9.07. The Hall–Kier alpha value is -1.64. The van der Waals surface area contributed by atoms with Gasteiger partial charge in [0.05, 0.1) is 5.71 Å². The minimum atomic E-state index is 0.351. The molecule has 3 nitrogen and oxygen atoms in total. The first-order chi connectivity index (χ1) is 7.18. The third kappa shape index (κ3) is 1.91. The standard InChI is InChI=1S/C12H15N3/c1-8-5-3-4-6-10(8)12-9(2)7-11(13)14-15-12/h3-6,9H,7H2,1-2H3,(H2,13,14). The predicted molar refractivity (Wildman–Crippen MR) is 63.1 cm³/mol. The summed E-state index contributed by atoms with van der Waals surface area (Å²) in [7, 11) is 0. The maximum absolute atomic E-state index is 5.65. The highest BCUT2D eigenvalue weighted by molar-refractivity contribution is 6.06. The minimum absolute atomic E-state index is 0.351. The van der Waals surface area contributed by atoms with E-state index in [0.717, 1.165) is 12.1 Å². The molecule has 0 saturated carbocycles. The third-order valence-electron chi connectivity index (χ3n) is 2.69. The van der Waals surface area contributed by atoms with Gasteiger partial charge in [-0.15, -0.1) is 5.10 Å². The Morgan fingerprint density at radius 1 is 1.27 bits per heavy atom. The summed E-state index contributed by atoms with van der Waals surface area (Å²) in [6.07, 6.45) is 0.799. The molecule has 0 spiro atoms. The van der Waals surface area contributed by atoms with E-state index in [-0.39, 0.29) is 0 Å². The van der Waals surface area contributed by atoms with Crippen molar-refractivity contribution in [3.8, 4) is 0 Å². The predicted octanol–water partition coefficient (Wildman–Crippen LogP) is 2.10. The van der Waals surface area contributed by atoms with E-state index >= 15 is 0 Å². The van der Waals surface area contributed by atoms with Crippen molar-refractivity contribution in [2.75, 3.05) is 0 Å². The highest BCUT2D eigenvalue weighted by Gasteiger charge is 2.19. The van der Waals surface area contributed by atoms with Crippen LogP contribution in [0.1, 0.15) is 24.5 Å². The van der Waals surface area contributed by atoms with Crippen LogP contribution in [-0.2, 0) is 0 Å². The zero-order chi connectivity index (χ0) is 10.8. The quantitative estimate of drug-likeness (QED) is 0.743. The van der Waals surface area contributed by atoms with E-state index in [1.807, 2.05) is 12.1 Å². The number of rotatable bonds is 1. The lowest BCUT2D eigenvalue weighted by molar-refractivity contribution is 0.783. The average Bonchev–Trinajstić information content (AvgIpc) is 2.20. The van der Waals surface area contributed by atoms with Crippen LogP contribution in [0.25, 0.3) is 0 Å². The lowest BCUT2D eigenvalue weighted by Gasteiger charge is -2.18. The number of benzene rings is 1. The molecule has 0 aromatic heterocycles. The van der Waals surface area contributed by atoms with Gasteiger partial charge in [0.15, 0.2) is 0 Å². The first-order valence-corrected chi connectivity index (χ1v) is 5.14. The molecule has 2 rings (SSSR count). The van der Waals surface area contributed by atoms with Crippen LogP contribution in [0.4, 0.5) is 0 Å². The Kier molecular flexibility index (Phi) is 2.54. The number of nitrogens with two attached hydrogens (primary N) is 1. The second kappa shape index (κ2) is 3.85. The maximum atomic E-state index is 5.65. The van der Waals surface area contributed by atoms with E-state index in [1.165, 1.54) is 11.1 Å². The van der Waals surface area contributed by atoms with Crippen molar-refractivity contribution in [3.05, 3.63) is 35.4 Å². The van der Waals surface area contributed by atoms with Crippen LogP contribution in [-0.4, -0.2) is 11.5 Å². The molecule has 1 aromatic rings. The fourth-order valence-electron chi connectivity index (χ4n) is 1.85. The van der Waals surface area contributed by atoms with Gasteiger partial charge >= 0.3 is 0 Å². The number of hydrogen-bond acceptors (Lipinski definition) is 3. The Labute approximate surface area is 89.7 Å². The molecule has 0 bridgehead atoms. The number of nitrogens with zero attached hydrogens (tertiary/aromatic N) is 2. The zero-order valence-corrected chi connectivity index (χ0v) is 9.07. The van der Waals surface area contributed by atoms with Gasteiger partial charge in [-0.05, 0) is 12.5 Å². The molecule has 1 heterocycles. The van der Waals surface area contributed by atoms with Crippen molar-refractivity contribution in [1.29, 1.82) is 0 Å². The van der Waals surface area contributed by atoms with Gasteiger partial charge in [0.2, 0.25) is 0 Å². The molecule has 15 heavy (non-hydrogen) atoms. The summed E-state index contributed by atoms with van der Waals surface area (Å²) in [6, 6.07) is 8.23. The van der Waals surface area contributed by atoms with Gasteiger partial charge < -0.3 is 5.73 Å². The second-order valence-electron chi connectivity index (χ2n) is 4.00. The molecule has 2 N–H and O–H groups in total. The molecule has 1 atom stereocenters. The summed E-state index contributed by atoms with van der Waals surface area (Å²) in [5.74, 6) is 0.975. The van der Waals surface area contributed by atoms with E-state index in [2.05, 4.69) is 36.2 Å². The van der Waals surface area contributed by atoms with Gasteiger partial charge in [-0.2, -0.15) is 5.10 Å². The van der Waals surface area contributed by atoms with E-state index in [4.69, 9.17) is 5.73 Å². The Bertz CT molecular complexity index is 432. The van der Waals surface area contributed by atoms with Gasteiger partial charge in [0.25, 0.3) is 0 Å². The monoisotopic (exact) mass is 201 g/mol. The molecule has 1 aromatic carbocycles. The van der Waals surface area contributed by atoms with Gasteiger partial charge in [-0.3, -0.25) is 0 Å². The normalized spacial score (nSPS) is 20.8. The molecule has 0 aliphatic carbocycles. The first kappa shape index (κ1) is 9.90. The minimum Gasteiger partial charge on any atom is -0.386 e. The fourth-order valence-corrected chi connectivity index (χ4v) is 1.85. The van der Waals surface area contributed by atoms with Crippen LogP contribution in [0, 0.1) is 12.8 Å². The van der Waals surface area contributed by atoms with Crippen molar-refractivity contribution < 1.29 is 0 Å². The van der Waals surface area contributed by atoms with Crippen molar-refractivity contribution in [1.82, 2.24) is 0 Å². The molecule has 0 saturated heterocycles. The smallest absolute Gasteiger partial charge is 0.123 e. The van der Waals surface area contributed by atoms with Gasteiger partial charge in [-0.25, -0.2) is 0 Å². The summed E-state index contributed by atoms with van der Waals surface area (Å²) >= 11 is 0. The molecule has 3 heteroatoms. The largest absolute Gasteiger partial charge is 0.386 e. The van der Waals surface area contributed by atoms with Crippen LogP contribution < -0.4 is 5.73 Å². The van der Waals surface area contributed by atoms with E-state index in [0.29, 0.717) is 11.8 Å². The molecule has 78 valence electrons. The highest BCUT2D eigenvalue weighted by atomic mass is 15.2. The molecule has 1 unspecified atom stereocenters. The molecule has 1 aliphatic rings. The average molecular weight is 201 g/mol. The van der Waals surface area contributed by atoms with Crippen molar-refractivity contribution in [2.24, 2.45) is 21.9 Å². The van der Waals surface area contributed by atoms with Crippen LogP contribution >= 0.6 is 0 Å². The van der Waals surface area contributed by atoms with E-state index in [1.54, 1.807) is 0 Å². The van der Waals surface area contributed by atoms with Crippen LogP contribution in [0.2, 0.25) is 0 Å². The third-order valence-corrected chi connectivity index (χ3v) is 2.69. The van der Waals surface area contributed by atoms with Crippen LogP contribution in [0.5, 0.6) is 0 Å². The molecule has 0 fully saturated rings. The number of amidine groups is 1. The van der Waals surface area contributed by atoms with Crippen molar-refractivity contribution >= 4 is 11.5 Å². The molecular formula is C12H15N3. The highest BCUT2D eigenvalue weighted by Crippen LogP contribution is 2.19. The van der Waals surface area contributed by atoms with Gasteiger partial charge in [0, 0.05) is 17.9 Å². The molecular weight excluding hydrogens is 186 g/mol. The lowest BCUT2D eigenvalue weighted by atomic mass is 9.92. The second-order valence-corrected chi connectivity index (χ2v) is 4.00. The summed E-state index contributed by atoms with van der Waals surface area (Å²) in [6.45, 7) is 4.22. The summed E-state index contributed by atoms with van der Waals surface area (Å²) in [5, 5.41) is 8.16. The Morgan fingerprint density at radius 3 is 2.67 bits per heavy atom. The SMILES string of the molecule is Cc1ccccc1C1=NN=C(N)CC1C. The Morgan fingerprint density at radius 2 is 2.00 bits per heavy atom. The summed E-state index contributed by atoms with van der Waals surface area (Å²) < 4.78 is 0. The molecule has 0 amide bonds. The van der Waals surface area contributed by atoms with Crippen molar-refractivity contribution in [2.45, 2.75) is 20.3 Å². The molecule has 0 radical (unpaired) electrons. The molecule has 1 aliphatic heterocycles. The first-order valence-electron chi connectivity index (χ1n) is 5.14. The number of hydrogen-bond donors (Lipinski definition) is 1. The van der Waals surface area contributed by atoms with Gasteiger partial charge in [-0.1, -0.05) is 31.2 Å².